The summed E-state index contributed by atoms with van der Waals surface area (Å²) in [6, 6.07) is 15.9. The van der Waals surface area contributed by atoms with E-state index in [1.807, 2.05) is 68.1 Å². The SMILES string of the molecule is CC(C)c1ccccc1N1C(=O)CSC1c1ccccc1NC(=O)C(C)(C)C. The van der Waals surface area contributed by atoms with Crippen molar-refractivity contribution in [2.75, 3.05) is 16.0 Å². The molecule has 1 fully saturated rings. The Kier molecular flexibility index (Phi) is 5.84. The van der Waals surface area contributed by atoms with Crippen molar-refractivity contribution in [3.63, 3.8) is 0 Å². The van der Waals surface area contributed by atoms with Crippen molar-refractivity contribution in [3.8, 4) is 0 Å². The Morgan fingerprint density at radius 1 is 1.11 bits per heavy atom. The van der Waals surface area contributed by atoms with Crippen LogP contribution in [0.2, 0.25) is 0 Å². The van der Waals surface area contributed by atoms with E-state index >= 15 is 0 Å². The molecule has 1 saturated heterocycles. The number of nitrogens with one attached hydrogen (secondary N) is 1. The lowest BCUT2D eigenvalue weighted by molar-refractivity contribution is -0.123. The Balaban J connectivity index is 2.02. The summed E-state index contributed by atoms with van der Waals surface area (Å²) < 4.78 is 0. The first-order valence-electron chi connectivity index (χ1n) is 9.63. The van der Waals surface area contributed by atoms with Gasteiger partial charge in [-0.1, -0.05) is 71.0 Å². The summed E-state index contributed by atoms with van der Waals surface area (Å²) in [5.41, 5.74) is 3.33. The third kappa shape index (κ3) is 4.09. The van der Waals surface area contributed by atoms with E-state index < -0.39 is 5.41 Å². The van der Waals surface area contributed by atoms with Crippen LogP contribution >= 0.6 is 11.8 Å². The third-order valence-corrected chi connectivity index (χ3v) is 6.04. The number of hydrogen-bond acceptors (Lipinski definition) is 3. The average Bonchev–Trinajstić information content (AvgIpc) is 3.02. The summed E-state index contributed by atoms with van der Waals surface area (Å²) in [6.45, 7) is 9.95. The first-order chi connectivity index (χ1) is 13.2. The van der Waals surface area contributed by atoms with Crippen molar-refractivity contribution in [1.82, 2.24) is 0 Å². The standard InChI is InChI=1S/C23H28N2O2S/c1-15(2)16-10-7-9-13-19(16)25-20(26)14-28-21(25)17-11-6-8-12-18(17)24-22(27)23(3,4)5/h6-13,15,21H,14H2,1-5H3,(H,24,27). The van der Waals surface area contributed by atoms with E-state index in [1.165, 1.54) is 0 Å². The fraction of sp³-hybridized carbons (Fsp3) is 0.391. The zero-order chi connectivity index (χ0) is 20.5. The van der Waals surface area contributed by atoms with Gasteiger partial charge in [-0.15, -0.1) is 11.8 Å². The summed E-state index contributed by atoms with van der Waals surface area (Å²) in [5, 5.41) is 2.90. The fourth-order valence-corrected chi connectivity index (χ4v) is 4.45. The normalized spacial score (nSPS) is 17.3. The van der Waals surface area contributed by atoms with Crippen LogP contribution in [0.4, 0.5) is 11.4 Å². The number of nitrogens with zero attached hydrogens (tertiary/aromatic N) is 1. The summed E-state index contributed by atoms with van der Waals surface area (Å²) in [7, 11) is 0. The highest BCUT2D eigenvalue weighted by molar-refractivity contribution is 8.00. The predicted molar refractivity (Wildman–Crippen MR) is 118 cm³/mol. The molecule has 148 valence electrons. The molecule has 2 amide bonds. The van der Waals surface area contributed by atoms with Crippen LogP contribution in [0.15, 0.2) is 48.5 Å². The number of rotatable bonds is 4. The van der Waals surface area contributed by atoms with Crippen LogP contribution in [0.5, 0.6) is 0 Å². The summed E-state index contributed by atoms with van der Waals surface area (Å²) >= 11 is 1.60. The number of carbonyl (C=O) groups excluding carboxylic acids is 2. The van der Waals surface area contributed by atoms with Crippen LogP contribution in [-0.4, -0.2) is 17.6 Å². The third-order valence-electron chi connectivity index (χ3n) is 4.84. The van der Waals surface area contributed by atoms with E-state index in [9.17, 15) is 9.59 Å². The van der Waals surface area contributed by atoms with Gasteiger partial charge in [0.2, 0.25) is 11.8 Å². The quantitative estimate of drug-likeness (QED) is 0.735. The molecule has 1 heterocycles. The average molecular weight is 397 g/mol. The fourth-order valence-electron chi connectivity index (χ4n) is 3.25. The van der Waals surface area contributed by atoms with Crippen LogP contribution in [0.1, 0.15) is 57.0 Å². The molecule has 3 rings (SSSR count). The number of hydrogen-bond donors (Lipinski definition) is 1. The van der Waals surface area contributed by atoms with E-state index in [-0.39, 0.29) is 17.2 Å². The smallest absolute Gasteiger partial charge is 0.238 e. The Morgan fingerprint density at radius 2 is 1.75 bits per heavy atom. The highest BCUT2D eigenvalue weighted by Gasteiger charge is 2.37. The zero-order valence-electron chi connectivity index (χ0n) is 17.2. The van der Waals surface area contributed by atoms with E-state index in [1.54, 1.807) is 11.8 Å². The molecule has 0 bridgehead atoms. The largest absolute Gasteiger partial charge is 0.325 e. The van der Waals surface area contributed by atoms with Gasteiger partial charge in [0.15, 0.2) is 0 Å². The highest BCUT2D eigenvalue weighted by atomic mass is 32.2. The van der Waals surface area contributed by atoms with Gasteiger partial charge in [-0.05, 0) is 23.6 Å². The molecule has 0 saturated carbocycles. The number of benzene rings is 2. The van der Waals surface area contributed by atoms with Crippen LogP contribution in [-0.2, 0) is 9.59 Å². The highest BCUT2D eigenvalue weighted by Crippen LogP contribution is 2.46. The maximum atomic E-state index is 12.8. The molecule has 0 spiro atoms. The molecule has 1 unspecified atom stereocenters. The molecule has 0 aliphatic carbocycles. The molecular formula is C23H28N2O2S. The summed E-state index contributed by atoms with van der Waals surface area (Å²) in [6.07, 6.45) is 0. The van der Waals surface area contributed by atoms with Crippen molar-refractivity contribution in [3.05, 3.63) is 59.7 Å². The predicted octanol–water partition coefficient (Wildman–Crippen LogP) is 5.57. The molecule has 2 aromatic rings. The minimum atomic E-state index is -0.490. The van der Waals surface area contributed by atoms with Gasteiger partial charge in [0.05, 0.1) is 5.75 Å². The first-order valence-corrected chi connectivity index (χ1v) is 10.7. The van der Waals surface area contributed by atoms with Crippen molar-refractivity contribution in [2.45, 2.75) is 45.9 Å². The van der Waals surface area contributed by atoms with Gasteiger partial charge in [-0.25, -0.2) is 0 Å². The second-order valence-electron chi connectivity index (χ2n) is 8.43. The minimum absolute atomic E-state index is 0.0385. The molecule has 2 aromatic carbocycles. The van der Waals surface area contributed by atoms with Crippen LogP contribution < -0.4 is 10.2 Å². The lowest BCUT2D eigenvalue weighted by atomic mass is 9.95. The topological polar surface area (TPSA) is 49.4 Å². The molecule has 0 aromatic heterocycles. The molecule has 5 heteroatoms. The number of thioether (sulfide) groups is 1. The van der Waals surface area contributed by atoms with Crippen molar-refractivity contribution < 1.29 is 9.59 Å². The van der Waals surface area contributed by atoms with Crippen molar-refractivity contribution in [2.24, 2.45) is 5.41 Å². The number of para-hydroxylation sites is 2. The van der Waals surface area contributed by atoms with Crippen molar-refractivity contribution in [1.29, 1.82) is 0 Å². The van der Waals surface area contributed by atoms with Gasteiger partial charge in [0, 0.05) is 22.4 Å². The number of anilines is 2. The van der Waals surface area contributed by atoms with E-state index in [4.69, 9.17) is 0 Å². The van der Waals surface area contributed by atoms with Crippen LogP contribution in [0.3, 0.4) is 0 Å². The van der Waals surface area contributed by atoms with E-state index in [0.717, 1.165) is 22.5 Å². The Morgan fingerprint density at radius 3 is 2.43 bits per heavy atom. The maximum Gasteiger partial charge on any atom is 0.238 e. The van der Waals surface area contributed by atoms with Crippen molar-refractivity contribution >= 4 is 35.0 Å². The molecular weight excluding hydrogens is 368 g/mol. The van der Waals surface area contributed by atoms with E-state index in [2.05, 4.69) is 25.2 Å². The van der Waals surface area contributed by atoms with Gasteiger partial charge >= 0.3 is 0 Å². The van der Waals surface area contributed by atoms with Gasteiger partial charge in [-0.2, -0.15) is 0 Å². The maximum absolute atomic E-state index is 12.8. The van der Waals surface area contributed by atoms with Gasteiger partial charge in [0.25, 0.3) is 0 Å². The van der Waals surface area contributed by atoms with Crippen LogP contribution in [0.25, 0.3) is 0 Å². The van der Waals surface area contributed by atoms with Gasteiger partial charge < -0.3 is 5.32 Å². The Bertz CT molecular complexity index is 886. The molecule has 28 heavy (non-hydrogen) atoms. The lowest BCUT2D eigenvalue weighted by Gasteiger charge is -2.29. The van der Waals surface area contributed by atoms with Gasteiger partial charge in [0.1, 0.15) is 5.37 Å². The number of carbonyl (C=O) groups is 2. The second-order valence-corrected chi connectivity index (χ2v) is 9.50. The lowest BCUT2D eigenvalue weighted by Crippen LogP contribution is -2.31. The summed E-state index contributed by atoms with van der Waals surface area (Å²) in [5.74, 6) is 0.799. The molecule has 1 aliphatic heterocycles. The summed E-state index contributed by atoms with van der Waals surface area (Å²) in [4.78, 5) is 27.3. The molecule has 0 radical (unpaired) electrons. The zero-order valence-corrected chi connectivity index (χ0v) is 18.0. The number of amides is 2. The van der Waals surface area contributed by atoms with Gasteiger partial charge in [-0.3, -0.25) is 14.5 Å². The molecule has 1 N–H and O–H groups in total. The van der Waals surface area contributed by atoms with E-state index in [0.29, 0.717) is 11.7 Å². The monoisotopic (exact) mass is 396 g/mol. The second kappa shape index (κ2) is 8.00. The first kappa shape index (κ1) is 20.5. The Labute approximate surface area is 171 Å². The molecule has 1 aliphatic rings. The molecule has 1 atom stereocenters. The molecule has 4 nitrogen and oxygen atoms in total. The van der Waals surface area contributed by atoms with Crippen LogP contribution in [0, 0.1) is 5.41 Å². The Hall–Kier alpha value is -2.27. The minimum Gasteiger partial charge on any atom is -0.325 e.